The molecule has 4 heteroatoms. The van der Waals surface area contributed by atoms with Crippen molar-refractivity contribution in [1.29, 1.82) is 0 Å². The summed E-state index contributed by atoms with van der Waals surface area (Å²) in [6.07, 6.45) is 3.97. The summed E-state index contributed by atoms with van der Waals surface area (Å²) < 4.78 is 10.5. The van der Waals surface area contributed by atoms with Gasteiger partial charge in [-0.15, -0.1) is 0 Å². The van der Waals surface area contributed by atoms with E-state index in [2.05, 4.69) is 13.8 Å². The van der Waals surface area contributed by atoms with Crippen molar-refractivity contribution in [2.24, 2.45) is 0 Å². The highest BCUT2D eigenvalue weighted by atomic mass is 17.2. The van der Waals surface area contributed by atoms with Crippen LogP contribution in [-0.4, -0.2) is 5.60 Å². The molecule has 0 aliphatic carbocycles. The van der Waals surface area contributed by atoms with Gasteiger partial charge < -0.3 is 8.83 Å². The standard InChI is InChI=1S/C15H20O4/c1-14(2,12-7-5-9-16-12)11-15(3,4)19-18-13-8-6-10-17-13/h5-10H,11H2,1-4H3. The Bertz CT molecular complexity index is 480. The number of hydrogen-bond donors (Lipinski definition) is 0. The van der Waals surface area contributed by atoms with Crippen LogP contribution in [0.1, 0.15) is 39.9 Å². The topological polar surface area (TPSA) is 44.7 Å². The molecule has 0 fully saturated rings. The van der Waals surface area contributed by atoms with Crippen LogP contribution in [0.2, 0.25) is 0 Å². The molecule has 0 atom stereocenters. The van der Waals surface area contributed by atoms with Crippen molar-refractivity contribution in [3.05, 3.63) is 42.6 Å². The Hall–Kier alpha value is -1.68. The molecule has 2 aromatic rings. The first kappa shape index (κ1) is 13.7. The minimum Gasteiger partial charge on any atom is -0.469 e. The molecule has 0 N–H and O–H groups in total. The Morgan fingerprint density at radius 2 is 1.68 bits per heavy atom. The van der Waals surface area contributed by atoms with Gasteiger partial charge in [-0.1, -0.05) is 13.8 Å². The van der Waals surface area contributed by atoms with E-state index in [0.29, 0.717) is 5.95 Å². The van der Waals surface area contributed by atoms with E-state index in [4.69, 9.17) is 18.6 Å². The summed E-state index contributed by atoms with van der Waals surface area (Å²) in [6, 6.07) is 7.32. The van der Waals surface area contributed by atoms with E-state index in [1.165, 1.54) is 0 Å². The van der Waals surface area contributed by atoms with Gasteiger partial charge in [0.25, 0.3) is 0 Å². The largest absolute Gasteiger partial charge is 0.469 e. The van der Waals surface area contributed by atoms with E-state index < -0.39 is 5.60 Å². The molecule has 0 saturated heterocycles. The van der Waals surface area contributed by atoms with Crippen molar-refractivity contribution in [3.8, 4) is 5.95 Å². The molecule has 0 saturated carbocycles. The third-order valence-corrected chi connectivity index (χ3v) is 2.90. The molecule has 0 aliphatic heterocycles. The van der Waals surface area contributed by atoms with E-state index in [1.54, 1.807) is 24.7 Å². The predicted molar refractivity (Wildman–Crippen MR) is 70.9 cm³/mol. The average Bonchev–Trinajstić information content (AvgIpc) is 2.99. The molecule has 0 amide bonds. The van der Waals surface area contributed by atoms with Gasteiger partial charge in [0.05, 0.1) is 12.5 Å². The molecule has 0 bridgehead atoms. The predicted octanol–water partition coefficient (Wildman–Crippen LogP) is 4.33. The van der Waals surface area contributed by atoms with E-state index in [-0.39, 0.29) is 5.41 Å². The normalized spacial score (nSPS) is 12.6. The van der Waals surface area contributed by atoms with Gasteiger partial charge in [0.2, 0.25) is 0 Å². The molecular weight excluding hydrogens is 244 g/mol. The molecule has 19 heavy (non-hydrogen) atoms. The Morgan fingerprint density at radius 3 is 2.26 bits per heavy atom. The van der Waals surface area contributed by atoms with Gasteiger partial charge in [-0.3, -0.25) is 4.89 Å². The average molecular weight is 264 g/mol. The highest BCUT2D eigenvalue weighted by molar-refractivity contribution is 5.12. The fourth-order valence-corrected chi connectivity index (χ4v) is 2.31. The molecule has 0 radical (unpaired) electrons. The number of furan rings is 2. The van der Waals surface area contributed by atoms with Gasteiger partial charge in [0, 0.05) is 11.5 Å². The third kappa shape index (κ3) is 3.64. The minimum absolute atomic E-state index is 0.139. The maximum Gasteiger partial charge on any atom is 0.321 e. The molecule has 0 aliphatic rings. The molecule has 0 aromatic carbocycles. The van der Waals surface area contributed by atoms with Gasteiger partial charge in [-0.05, 0) is 38.5 Å². The van der Waals surface area contributed by atoms with Crippen LogP contribution in [0.3, 0.4) is 0 Å². The molecular formula is C15H20O4. The zero-order valence-electron chi connectivity index (χ0n) is 11.8. The van der Waals surface area contributed by atoms with Crippen molar-refractivity contribution >= 4 is 0 Å². The minimum atomic E-state index is -0.469. The molecule has 2 heterocycles. The zero-order valence-corrected chi connectivity index (χ0v) is 11.8. The Labute approximate surface area is 113 Å². The maximum absolute atomic E-state index is 5.48. The van der Waals surface area contributed by atoms with E-state index in [1.807, 2.05) is 26.0 Å². The van der Waals surface area contributed by atoms with Crippen LogP contribution in [0, 0.1) is 0 Å². The van der Waals surface area contributed by atoms with Crippen molar-refractivity contribution in [3.63, 3.8) is 0 Å². The van der Waals surface area contributed by atoms with Crippen LogP contribution >= 0.6 is 0 Å². The lowest BCUT2D eigenvalue weighted by molar-refractivity contribution is -0.294. The van der Waals surface area contributed by atoms with Crippen LogP contribution in [0.25, 0.3) is 0 Å². The monoisotopic (exact) mass is 264 g/mol. The molecule has 0 spiro atoms. The summed E-state index contributed by atoms with van der Waals surface area (Å²) in [6.45, 7) is 8.18. The molecule has 4 nitrogen and oxygen atoms in total. The summed E-state index contributed by atoms with van der Waals surface area (Å²) in [5, 5.41) is 0. The Balaban J connectivity index is 1.96. The van der Waals surface area contributed by atoms with Gasteiger partial charge in [-0.2, -0.15) is 4.89 Å². The number of rotatable bonds is 6. The smallest absolute Gasteiger partial charge is 0.321 e. The van der Waals surface area contributed by atoms with Crippen molar-refractivity contribution < 1.29 is 18.6 Å². The molecule has 2 aromatic heterocycles. The summed E-state index contributed by atoms with van der Waals surface area (Å²) in [5.41, 5.74) is -0.609. The Morgan fingerprint density at radius 1 is 1.00 bits per heavy atom. The molecule has 2 rings (SSSR count). The number of hydrogen-bond acceptors (Lipinski definition) is 4. The lowest BCUT2D eigenvalue weighted by Gasteiger charge is -2.31. The zero-order chi connectivity index (χ0) is 13.9. The first-order valence-corrected chi connectivity index (χ1v) is 6.32. The van der Waals surface area contributed by atoms with E-state index in [0.717, 1.165) is 12.2 Å². The van der Waals surface area contributed by atoms with Gasteiger partial charge in [-0.25, -0.2) is 0 Å². The third-order valence-electron chi connectivity index (χ3n) is 2.90. The van der Waals surface area contributed by atoms with Crippen LogP contribution in [0.15, 0.2) is 45.6 Å². The van der Waals surface area contributed by atoms with Crippen molar-refractivity contribution in [2.45, 2.75) is 45.1 Å². The van der Waals surface area contributed by atoms with Crippen LogP contribution < -0.4 is 4.89 Å². The highest BCUT2D eigenvalue weighted by Crippen LogP contribution is 2.34. The van der Waals surface area contributed by atoms with Gasteiger partial charge in [0.1, 0.15) is 11.4 Å². The maximum atomic E-state index is 5.48. The summed E-state index contributed by atoms with van der Waals surface area (Å²) in [4.78, 5) is 10.6. The lowest BCUT2D eigenvalue weighted by atomic mass is 9.80. The molecule has 0 unspecified atom stereocenters. The molecule has 104 valence electrons. The second-order valence-electron chi connectivity index (χ2n) is 5.90. The van der Waals surface area contributed by atoms with Gasteiger partial charge in [0.15, 0.2) is 0 Å². The van der Waals surface area contributed by atoms with E-state index in [9.17, 15) is 0 Å². The Kier molecular flexibility index (Phi) is 3.71. The first-order chi connectivity index (χ1) is 8.89. The van der Waals surface area contributed by atoms with E-state index >= 15 is 0 Å². The van der Waals surface area contributed by atoms with Crippen LogP contribution in [0.5, 0.6) is 5.95 Å². The highest BCUT2D eigenvalue weighted by Gasteiger charge is 2.34. The second-order valence-corrected chi connectivity index (χ2v) is 5.90. The fourth-order valence-electron chi connectivity index (χ4n) is 2.31. The SMILES string of the molecule is CC(C)(CC(C)(C)c1ccco1)OOc1ccco1. The summed E-state index contributed by atoms with van der Waals surface area (Å²) in [5.74, 6) is 1.28. The quantitative estimate of drug-likeness (QED) is 0.575. The van der Waals surface area contributed by atoms with Crippen molar-refractivity contribution in [1.82, 2.24) is 0 Å². The van der Waals surface area contributed by atoms with Crippen molar-refractivity contribution in [2.75, 3.05) is 0 Å². The fraction of sp³-hybridized carbons (Fsp3) is 0.467. The second kappa shape index (κ2) is 5.13. The summed E-state index contributed by atoms with van der Waals surface area (Å²) >= 11 is 0. The van der Waals surface area contributed by atoms with Crippen LogP contribution in [-0.2, 0) is 10.3 Å². The first-order valence-electron chi connectivity index (χ1n) is 6.32. The lowest BCUT2D eigenvalue weighted by Crippen LogP contribution is -2.34. The summed E-state index contributed by atoms with van der Waals surface area (Å²) in [7, 11) is 0. The van der Waals surface area contributed by atoms with Crippen LogP contribution in [0.4, 0.5) is 0 Å². The van der Waals surface area contributed by atoms with Gasteiger partial charge >= 0.3 is 5.95 Å².